The number of aliphatic hydroxyl groups is 1. The Morgan fingerprint density at radius 3 is 2.17 bits per heavy atom. The van der Waals surface area contributed by atoms with Gasteiger partial charge in [0.1, 0.15) is 5.76 Å². The van der Waals surface area contributed by atoms with Crippen molar-refractivity contribution in [3.8, 4) is 0 Å². The molecule has 5 rings (SSSR count). The fraction of sp³-hybridized carbons (Fsp3) is 0.0769. The smallest absolute Gasteiger partial charge is 0.279 e. The molecule has 1 aliphatic heterocycles. The van der Waals surface area contributed by atoms with Gasteiger partial charge in [0.25, 0.3) is 5.79 Å². The van der Waals surface area contributed by atoms with Gasteiger partial charge in [0.2, 0.25) is 5.78 Å². The molecule has 0 fully saturated rings. The van der Waals surface area contributed by atoms with E-state index in [4.69, 9.17) is 4.74 Å². The molecule has 146 valence electrons. The molecule has 0 radical (unpaired) electrons. The number of fused-ring (bicyclic) bond motifs is 2. The van der Waals surface area contributed by atoms with Crippen LogP contribution in [0.5, 0.6) is 0 Å². The second kappa shape index (κ2) is 6.94. The van der Waals surface area contributed by atoms with Crippen LogP contribution in [-0.2, 0) is 9.53 Å². The van der Waals surface area contributed by atoms with Crippen molar-refractivity contribution < 1.29 is 19.4 Å². The quantitative estimate of drug-likeness (QED) is 0.500. The molecule has 1 aliphatic rings. The average molecular weight is 394 g/mol. The maximum atomic E-state index is 13.0. The second-order valence-electron chi connectivity index (χ2n) is 7.41. The summed E-state index contributed by atoms with van der Waals surface area (Å²) >= 11 is 0. The highest BCUT2D eigenvalue weighted by Crippen LogP contribution is 2.36. The van der Waals surface area contributed by atoms with E-state index in [0.29, 0.717) is 11.1 Å². The molecule has 1 atom stereocenters. The first kappa shape index (κ1) is 18.3. The van der Waals surface area contributed by atoms with Crippen LogP contribution in [0.4, 0.5) is 0 Å². The summed E-state index contributed by atoms with van der Waals surface area (Å²) in [6, 6.07) is 26.3. The van der Waals surface area contributed by atoms with Gasteiger partial charge in [-0.25, -0.2) is 0 Å². The van der Waals surface area contributed by atoms with Crippen molar-refractivity contribution in [2.24, 2.45) is 0 Å². The Kier molecular flexibility index (Phi) is 4.23. The Morgan fingerprint density at radius 1 is 0.800 bits per heavy atom. The first-order valence-electron chi connectivity index (χ1n) is 9.72. The van der Waals surface area contributed by atoms with Crippen LogP contribution in [0, 0.1) is 0 Å². The van der Waals surface area contributed by atoms with E-state index in [2.05, 4.69) is 0 Å². The lowest BCUT2D eigenvalue weighted by atomic mass is 9.96. The second-order valence-corrected chi connectivity index (χ2v) is 7.41. The SMILES string of the molecule is O=C(CC1(O)OC(c2cccc3ccccc23)=CC1=O)c1cccc2ccccc12. The molecule has 4 aromatic carbocycles. The van der Waals surface area contributed by atoms with Crippen molar-refractivity contribution in [1.82, 2.24) is 0 Å². The normalized spacial score (nSPS) is 18.4. The molecule has 0 aliphatic carbocycles. The van der Waals surface area contributed by atoms with Crippen LogP contribution in [0.15, 0.2) is 91.0 Å². The van der Waals surface area contributed by atoms with E-state index in [1.54, 1.807) is 12.1 Å². The van der Waals surface area contributed by atoms with E-state index >= 15 is 0 Å². The monoisotopic (exact) mass is 394 g/mol. The van der Waals surface area contributed by atoms with Crippen LogP contribution >= 0.6 is 0 Å². The van der Waals surface area contributed by atoms with Crippen LogP contribution in [-0.4, -0.2) is 22.5 Å². The molecule has 4 nitrogen and oxygen atoms in total. The van der Waals surface area contributed by atoms with Crippen molar-refractivity contribution in [1.29, 1.82) is 0 Å². The summed E-state index contributed by atoms with van der Waals surface area (Å²) in [4.78, 5) is 25.6. The molecule has 30 heavy (non-hydrogen) atoms. The molecule has 4 heteroatoms. The average Bonchev–Trinajstić information content (AvgIpc) is 3.06. The van der Waals surface area contributed by atoms with Crippen LogP contribution in [0.2, 0.25) is 0 Å². The van der Waals surface area contributed by atoms with Crippen molar-refractivity contribution >= 4 is 38.9 Å². The minimum absolute atomic E-state index is 0.269. The maximum Gasteiger partial charge on any atom is 0.279 e. The molecule has 1 N–H and O–H groups in total. The first-order chi connectivity index (χ1) is 14.5. The van der Waals surface area contributed by atoms with Gasteiger partial charge in [0.05, 0.1) is 6.42 Å². The molecule has 0 spiro atoms. The molecular weight excluding hydrogens is 376 g/mol. The van der Waals surface area contributed by atoms with Gasteiger partial charge in [-0.15, -0.1) is 0 Å². The summed E-state index contributed by atoms with van der Waals surface area (Å²) in [5.41, 5.74) is 1.16. The summed E-state index contributed by atoms with van der Waals surface area (Å²) in [5, 5.41) is 14.5. The lowest BCUT2D eigenvalue weighted by Gasteiger charge is -2.22. The molecule has 1 unspecified atom stereocenters. The van der Waals surface area contributed by atoms with Gasteiger partial charge in [-0.3, -0.25) is 9.59 Å². The third-order valence-corrected chi connectivity index (χ3v) is 5.47. The summed E-state index contributed by atoms with van der Waals surface area (Å²) < 4.78 is 5.71. The Hall–Kier alpha value is -3.76. The highest BCUT2D eigenvalue weighted by molar-refractivity contribution is 6.13. The molecule has 4 aromatic rings. The molecule has 0 saturated carbocycles. The predicted molar refractivity (Wildman–Crippen MR) is 116 cm³/mol. The van der Waals surface area contributed by atoms with Crippen LogP contribution < -0.4 is 0 Å². The highest BCUT2D eigenvalue weighted by atomic mass is 16.6. The number of benzene rings is 4. The van der Waals surface area contributed by atoms with Crippen LogP contribution in [0.3, 0.4) is 0 Å². The lowest BCUT2D eigenvalue weighted by Crippen LogP contribution is -2.38. The van der Waals surface area contributed by atoms with Crippen molar-refractivity contribution in [2.45, 2.75) is 12.2 Å². The van der Waals surface area contributed by atoms with Gasteiger partial charge in [0, 0.05) is 17.2 Å². The number of ketones is 2. The summed E-state index contributed by atoms with van der Waals surface area (Å²) in [6.45, 7) is 0. The van der Waals surface area contributed by atoms with Gasteiger partial charge in [-0.05, 0) is 21.5 Å². The number of hydrogen-bond donors (Lipinski definition) is 1. The van der Waals surface area contributed by atoms with Crippen molar-refractivity contribution in [3.63, 3.8) is 0 Å². The molecular formula is C26H18O4. The standard InChI is InChI=1S/C26H18O4/c27-23(21-13-5-9-17-7-1-3-11-19(17)21)16-26(29)25(28)15-24(30-26)22-14-6-10-18-8-2-4-12-20(18)22/h1-15,29H,16H2. The zero-order chi connectivity index (χ0) is 20.7. The maximum absolute atomic E-state index is 13.0. The fourth-order valence-electron chi connectivity index (χ4n) is 3.97. The van der Waals surface area contributed by atoms with Crippen molar-refractivity contribution in [3.05, 3.63) is 102 Å². The third kappa shape index (κ3) is 2.98. The van der Waals surface area contributed by atoms with E-state index in [-0.39, 0.29) is 11.5 Å². The first-order valence-corrected chi connectivity index (χ1v) is 9.72. The number of carbonyl (C=O) groups is 2. The van der Waals surface area contributed by atoms with E-state index in [9.17, 15) is 14.7 Å². The number of Topliss-reactive ketones (excluding diaryl/α,β-unsaturated/α-hetero) is 1. The Balaban J connectivity index is 1.46. The number of carbonyl (C=O) groups excluding carboxylic acids is 2. The molecule has 0 amide bonds. The minimum Gasteiger partial charge on any atom is -0.453 e. The van der Waals surface area contributed by atoms with Gasteiger partial charge >= 0.3 is 0 Å². The van der Waals surface area contributed by atoms with Gasteiger partial charge in [-0.1, -0.05) is 84.9 Å². The fourth-order valence-corrected chi connectivity index (χ4v) is 3.97. The van der Waals surface area contributed by atoms with Gasteiger partial charge in [-0.2, -0.15) is 0 Å². The molecule has 0 saturated heterocycles. The molecule has 0 bridgehead atoms. The third-order valence-electron chi connectivity index (χ3n) is 5.47. The van der Waals surface area contributed by atoms with Crippen LogP contribution in [0.25, 0.3) is 27.3 Å². The minimum atomic E-state index is -2.21. The summed E-state index contributed by atoms with van der Waals surface area (Å²) in [5.74, 6) is -2.92. The number of ether oxygens (including phenoxy) is 1. The highest BCUT2D eigenvalue weighted by Gasteiger charge is 2.45. The number of hydrogen-bond acceptors (Lipinski definition) is 4. The zero-order valence-electron chi connectivity index (χ0n) is 16.0. The predicted octanol–water partition coefficient (Wildman–Crippen LogP) is 4.89. The molecule has 0 aromatic heterocycles. The van der Waals surface area contributed by atoms with E-state index in [0.717, 1.165) is 21.5 Å². The summed E-state index contributed by atoms with van der Waals surface area (Å²) in [7, 11) is 0. The Bertz CT molecular complexity index is 1340. The van der Waals surface area contributed by atoms with E-state index in [1.165, 1.54) is 6.08 Å². The topological polar surface area (TPSA) is 63.6 Å². The van der Waals surface area contributed by atoms with Crippen molar-refractivity contribution in [2.75, 3.05) is 0 Å². The van der Waals surface area contributed by atoms with Gasteiger partial charge < -0.3 is 9.84 Å². The van der Waals surface area contributed by atoms with Crippen LogP contribution in [0.1, 0.15) is 22.3 Å². The summed E-state index contributed by atoms with van der Waals surface area (Å²) in [6.07, 6.45) is 0.822. The Morgan fingerprint density at radius 2 is 1.40 bits per heavy atom. The van der Waals surface area contributed by atoms with E-state index < -0.39 is 18.0 Å². The number of rotatable bonds is 4. The van der Waals surface area contributed by atoms with Gasteiger partial charge in [0.15, 0.2) is 5.78 Å². The molecule has 1 heterocycles. The largest absolute Gasteiger partial charge is 0.453 e. The van der Waals surface area contributed by atoms with E-state index in [1.807, 2.05) is 72.8 Å². The lowest BCUT2D eigenvalue weighted by molar-refractivity contribution is -0.167. The Labute approximate surface area is 173 Å². The zero-order valence-corrected chi connectivity index (χ0v) is 16.0.